The second kappa shape index (κ2) is 9.51. The first-order valence-electron chi connectivity index (χ1n) is 8.97. The lowest BCUT2D eigenvalue weighted by Crippen LogP contribution is -2.38. The summed E-state index contributed by atoms with van der Waals surface area (Å²) >= 11 is 5.40. The fourth-order valence-electron chi connectivity index (χ4n) is 3.02. The van der Waals surface area contributed by atoms with Crippen LogP contribution in [-0.2, 0) is 9.59 Å². The number of thiocarbonyl (C=S) groups is 1. The van der Waals surface area contributed by atoms with Gasteiger partial charge in [-0.15, -0.1) is 0 Å². The number of para-hydroxylation sites is 1. The van der Waals surface area contributed by atoms with Crippen molar-refractivity contribution in [1.82, 2.24) is 9.80 Å². The predicted molar refractivity (Wildman–Crippen MR) is 104 cm³/mol. The quantitative estimate of drug-likeness (QED) is 0.541. The number of carbonyl (C=O) groups is 2. The minimum atomic E-state index is -0.493. The van der Waals surface area contributed by atoms with Crippen LogP contribution in [-0.4, -0.2) is 46.4 Å². The number of anilines is 1. The summed E-state index contributed by atoms with van der Waals surface area (Å²) in [5.41, 5.74) is 0.736. The molecule has 1 aliphatic rings. The van der Waals surface area contributed by atoms with Gasteiger partial charge in [0.2, 0.25) is 5.91 Å². The van der Waals surface area contributed by atoms with Crippen LogP contribution in [0.4, 0.5) is 5.69 Å². The van der Waals surface area contributed by atoms with E-state index >= 15 is 0 Å². The number of rotatable bonds is 9. The van der Waals surface area contributed by atoms with Gasteiger partial charge in [0.05, 0.1) is 6.42 Å². The Labute approximate surface area is 155 Å². The first-order chi connectivity index (χ1) is 12.0. The molecule has 0 aliphatic carbocycles. The normalized spacial score (nSPS) is 17.3. The lowest BCUT2D eigenvalue weighted by molar-refractivity contribution is -0.130. The van der Waals surface area contributed by atoms with Crippen molar-refractivity contribution in [1.29, 1.82) is 0 Å². The average Bonchev–Trinajstić information content (AvgIpc) is 2.80. The number of nitrogens with one attached hydrogen (secondary N) is 1. The zero-order valence-corrected chi connectivity index (χ0v) is 15.8. The van der Waals surface area contributed by atoms with Gasteiger partial charge in [-0.25, -0.2) is 0 Å². The lowest BCUT2D eigenvalue weighted by Gasteiger charge is -2.23. The lowest BCUT2D eigenvalue weighted by atomic mass is 10.1. The molecule has 6 heteroatoms. The molecule has 5 nitrogen and oxygen atoms in total. The van der Waals surface area contributed by atoms with Gasteiger partial charge in [0.1, 0.15) is 6.04 Å². The van der Waals surface area contributed by atoms with Crippen LogP contribution in [0.15, 0.2) is 30.3 Å². The highest BCUT2D eigenvalue weighted by molar-refractivity contribution is 7.80. The van der Waals surface area contributed by atoms with Gasteiger partial charge >= 0.3 is 0 Å². The van der Waals surface area contributed by atoms with E-state index in [0.717, 1.165) is 25.1 Å². The highest BCUT2D eigenvalue weighted by Gasteiger charge is 2.40. The molecule has 0 bridgehead atoms. The summed E-state index contributed by atoms with van der Waals surface area (Å²) in [6.07, 6.45) is 5.84. The van der Waals surface area contributed by atoms with E-state index < -0.39 is 6.04 Å². The number of likely N-dealkylation sites (N-methyl/N-ethyl adjacent to an activating group) is 1. The average molecular weight is 362 g/mol. The highest BCUT2D eigenvalue weighted by atomic mass is 32.1. The Morgan fingerprint density at radius 2 is 1.84 bits per heavy atom. The molecular formula is C19H27N3O2S. The number of hydrogen-bond acceptors (Lipinski definition) is 3. The molecule has 1 unspecified atom stereocenters. The Kier molecular flexibility index (Phi) is 7.37. The summed E-state index contributed by atoms with van der Waals surface area (Å²) in [6, 6.07) is 8.79. The summed E-state index contributed by atoms with van der Waals surface area (Å²) < 4.78 is 0. The first kappa shape index (κ1) is 19.4. The molecule has 1 heterocycles. The van der Waals surface area contributed by atoms with Crippen LogP contribution in [0.2, 0.25) is 0 Å². The van der Waals surface area contributed by atoms with Crippen molar-refractivity contribution in [3.8, 4) is 0 Å². The van der Waals surface area contributed by atoms with Gasteiger partial charge in [0.15, 0.2) is 5.11 Å². The third-order valence-corrected chi connectivity index (χ3v) is 4.97. The molecule has 1 aromatic rings. The van der Waals surface area contributed by atoms with Gasteiger partial charge < -0.3 is 10.2 Å². The zero-order valence-electron chi connectivity index (χ0n) is 15.0. The second-order valence-corrected chi connectivity index (χ2v) is 6.79. The highest BCUT2D eigenvalue weighted by Crippen LogP contribution is 2.21. The minimum Gasteiger partial charge on any atom is -0.336 e. The summed E-state index contributed by atoms with van der Waals surface area (Å²) in [4.78, 5) is 28.2. The standard InChI is InChI=1S/C19H27N3O2S/c1-3-4-5-6-10-13-22-16(18(24)21(2)19(22)25)14-17(23)20-15-11-8-7-9-12-15/h7-9,11-12,16H,3-6,10,13-14H2,1-2H3,(H,20,23). The summed E-state index contributed by atoms with van der Waals surface area (Å²) in [6.45, 7) is 2.91. The van der Waals surface area contributed by atoms with Crippen molar-refractivity contribution in [3.05, 3.63) is 30.3 Å². The number of amides is 2. The van der Waals surface area contributed by atoms with Crippen LogP contribution >= 0.6 is 12.2 Å². The van der Waals surface area contributed by atoms with E-state index in [4.69, 9.17) is 12.2 Å². The largest absolute Gasteiger partial charge is 0.336 e. The van der Waals surface area contributed by atoms with Crippen molar-refractivity contribution in [3.63, 3.8) is 0 Å². The Morgan fingerprint density at radius 1 is 1.16 bits per heavy atom. The smallest absolute Gasteiger partial charge is 0.251 e. The second-order valence-electron chi connectivity index (χ2n) is 6.42. The van der Waals surface area contributed by atoms with Gasteiger partial charge in [-0.2, -0.15) is 0 Å². The maximum absolute atomic E-state index is 12.5. The third kappa shape index (κ3) is 5.26. The molecule has 2 amide bonds. The minimum absolute atomic E-state index is 0.0956. The van der Waals surface area contributed by atoms with Crippen LogP contribution in [0.25, 0.3) is 0 Å². The Bertz CT molecular complexity index is 606. The number of benzene rings is 1. The summed E-state index contributed by atoms with van der Waals surface area (Å²) in [5.74, 6) is -0.264. The summed E-state index contributed by atoms with van der Waals surface area (Å²) in [5, 5.41) is 3.37. The SMILES string of the molecule is CCCCCCCN1C(=S)N(C)C(=O)C1CC(=O)Nc1ccccc1. The van der Waals surface area contributed by atoms with Gasteiger partial charge in [0.25, 0.3) is 5.91 Å². The molecule has 1 aromatic carbocycles. The summed E-state index contributed by atoms with van der Waals surface area (Å²) in [7, 11) is 1.68. The molecule has 1 saturated heterocycles. The fourth-order valence-corrected chi connectivity index (χ4v) is 3.33. The molecule has 1 aliphatic heterocycles. The number of nitrogens with zero attached hydrogens (tertiary/aromatic N) is 2. The fraction of sp³-hybridized carbons (Fsp3) is 0.526. The molecular weight excluding hydrogens is 334 g/mol. The van der Waals surface area contributed by atoms with Crippen LogP contribution in [0.1, 0.15) is 45.4 Å². The molecule has 1 atom stereocenters. The van der Waals surface area contributed by atoms with E-state index in [0.29, 0.717) is 5.11 Å². The van der Waals surface area contributed by atoms with Crippen LogP contribution in [0.3, 0.4) is 0 Å². The molecule has 0 saturated carbocycles. The van der Waals surface area contributed by atoms with Crippen LogP contribution < -0.4 is 5.32 Å². The van der Waals surface area contributed by atoms with E-state index in [1.54, 1.807) is 7.05 Å². The van der Waals surface area contributed by atoms with Gasteiger partial charge in [-0.1, -0.05) is 50.8 Å². The Hall–Kier alpha value is -1.95. The van der Waals surface area contributed by atoms with E-state index in [9.17, 15) is 9.59 Å². The van der Waals surface area contributed by atoms with Gasteiger partial charge in [0, 0.05) is 19.3 Å². The Morgan fingerprint density at radius 3 is 2.52 bits per heavy atom. The molecule has 1 fully saturated rings. The van der Waals surface area contributed by atoms with E-state index in [1.807, 2.05) is 35.2 Å². The number of carbonyl (C=O) groups excluding carboxylic acids is 2. The molecule has 0 aromatic heterocycles. The predicted octanol–water partition coefficient (Wildman–Crippen LogP) is 3.41. The van der Waals surface area contributed by atoms with Crippen molar-refractivity contribution in [2.24, 2.45) is 0 Å². The molecule has 1 N–H and O–H groups in total. The van der Waals surface area contributed by atoms with E-state index in [1.165, 1.54) is 24.2 Å². The molecule has 2 rings (SSSR count). The van der Waals surface area contributed by atoms with Crippen LogP contribution in [0, 0.1) is 0 Å². The zero-order chi connectivity index (χ0) is 18.2. The van der Waals surface area contributed by atoms with Gasteiger partial charge in [-0.3, -0.25) is 14.5 Å². The van der Waals surface area contributed by atoms with Crippen molar-refractivity contribution in [2.75, 3.05) is 18.9 Å². The van der Waals surface area contributed by atoms with Gasteiger partial charge in [-0.05, 0) is 30.8 Å². The van der Waals surface area contributed by atoms with Crippen molar-refractivity contribution < 1.29 is 9.59 Å². The molecule has 0 radical (unpaired) electrons. The number of hydrogen-bond donors (Lipinski definition) is 1. The van der Waals surface area contributed by atoms with E-state index in [-0.39, 0.29) is 18.2 Å². The number of unbranched alkanes of at least 4 members (excludes halogenated alkanes) is 4. The van der Waals surface area contributed by atoms with Crippen LogP contribution in [0.5, 0.6) is 0 Å². The molecule has 136 valence electrons. The van der Waals surface area contributed by atoms with Crippen molar-refractivity contribution >= 4 is 34.8 Å². The van der Waals surface area contributed by atoms with E-state index in [2.05, 4.69) is 12.2 Å². The molecule has 0 spiro atoms. The monoisotopic (exact) mass is 361 g/mol. The maximum Gasteiger partial charge on any atom is 0.251 e. The Balaban J connectivity index is 1.93. The first-order valence-corrected chi connectivity index (χ1v) is 9.38. The maximum atomic E-state index is 12.5. The molecule has 25 heavy (non-hydrogen) atoms. The topological polar surface area (TPSA) is 52.7 Å². The third-order valence-electron chi connectivity index (χ3n) is 4.46. The van der Waals surface area contributed by atoms with Crippen molar-refractivity contribution in [2.45, 2.75) is 51.5 Å².